The number of rotatable bonds is 20. The van der Waals surface area contributed by atoms with Gasteiger partial charge in [-0.2, -0.15) is 0 Å². The molecule has 0 fully saturated rings. The Bertz CT molecular complexity index is 442. The van der Waals surface area contributed by atoms with Crippen molar-refractivity contribution in [2.75, 3.05) is 26.2 Å². The lowest BCUT2D eigenvalue weighted by Gasteiger charge is -2.34. The Kier molecular flexibility index (Phi) is 18.2. The third-order valence-electron chi connectivity index (χ3n) is 5.30. The maximum Gasteiger partial charge on any atom is 0.220 e. The van der Waals surface area contributed by atoms with E-state index < -0.39 is 0 Å². The van der Waals surface area contributed by atoms with E-state index >= 15 is 0 Å². The average Bonchev–Trinajstić information content (AvgIpc) is 2.73. The van der Waals surface area contributed by atoms with Gasteiger partial charge in [0.1, 0.15) is 0 Å². The molecule has 6 nitrogen and oxygen atoms in total. The molecule has 6 heteroatoms. The third-order valence-corrected chi connectivity index (χ3v) is 5.30. The summed E-state index contributed by atoms with van der Waals surface area (Å²) >= 11 is 0. The van der Waals surface area contributed by atoms with Crippen molar-refractivity contribution in [3.05, 3.63) is 25.3 Å². The molecule has 0 aromatic carbocycles. The van der Waals surface area contributed by atoms with E-state index in [4.69, 9.17) is 0 Å². The van der Waals surface area contributed by atoms with Gasteiger partial charge < -0.3 is 15.7 Å². The summed E-state index contributed by atoms with van der Waals surface area (Å²) in [4.78, 5) is 26.2. The molecule has 2 unspecified atom stereocenters. The van der Waals surface area contributed by atoms with E-state index in [0.717, 1.165) is 51.4 Å². The van der Waals surface area contributed by atoms with Crippen LogP contribution in [0.15, 0.2) is 25.3 Å². The first-order valence-electron chi connectivity index (χ1n) is 11.6. The van der Waals surface area contributed by atoms with Crippen molar-refractivity contribution in [2.24, 2.45) is 0 Å². The van der Waals surface area contributed by atoms with Crippen LogP contribution in [-0.2, 0) is 9.59 Å². The van der Waals surface area contributed by atoms with Gasteiger partial charge in [0.15, 0.2) is 0 Å². The maximum atomic E-state index is 12.1. The van der Waals surface area contributed by atoms with Crippen molar-refractivity contribution >= 4 is 11.8 Å². The van der Waals surface area contributed by atoms with Crippen molar-refractivity contribution < 1.29 is 14.7 Å². The van der Waals surface area contributed by atoms with Crippen LogP contribution in [0.5, 0.6) is 0 Å². The zero-order valence-corrected chi connectivity index (χ0v) is 19.3. The lowest BCUT2D eigenvalue weighted by molar-refractivity contribution is -0.121. The van der Waals surface area contributed by atoms with Crippen LogP contribution in [-0.4, -0.2) is 60.1 Å². The summed E-state index contributed by atoms with van der Waals surface area (Å²) in [6.45, 7) is 13.1. The number of hydrogen-bond acceptors (Lipinski definition) is 4. The van der Waals surface area contributed by atoms with Gasteiger partial charge in [-0.05, 0) is 52.4 Å². The number of hydrogen-bond donors (Lipinski definition) is 3. The monoisotopic (exact) mass is 423 g/mol. The van der Waals surface area contributed by atoms with E-state index in [1.165, 1.54) is 0 Å². The minimum atomic E-state index is 0.0448. The molecule has 30 heavy (non-hydrogen) atoms. The molecule has 0 bridgehead atoms. The van der Waals surface area contributed by atoms with Crippen molar-refractivity contribution in [3.8, 4) is 0 Å². The first-order chi connectivity index (χ1) is 14.5. The maximum absolute atomic E-state index is 12.1. The van der Waals surface area contributed by atoms with Gasteiger partial charge in [-0.1, -0.05) is 25.0 Å². The Labute approximate surface area is 184 Å². The third kappa shape index (κ3) is 15.2. The van der Waals surface area contributed by atoms with Crippen molar-refractivity contribution in [3.63, 3.8) is 0 Å². The van der Waals surface area contributed by atoms with Crippen LogP contribution < -0.4 is 10.6 Å². The Morgan fingerprint density at radius 1 is 0.833 bits per heavy atom. The molecule has 2 atom stereocenters. The number of nitrogens with one attached hydrogen (secondary N) is 2. The smallest absolute Gasteiger partial charge is 0.220 e. The second-order valence-electron chi connectivity index (χ2n) is 8.04. The molecule has 0 aliphatic rings. The van der Waals surface area contributed by atoms with Gasteiger partial charge in [0.05, 0.1) is 6.61 Å². The predicted molar refractivity (Wildman–Crippen MR) is 125 cm³/mol. The van der Waals surface area contributed by atoms with E-state index in [1.807, 2.05) is 26.0 Å². The van der Waals surface area contributed by atoms with Crippen LogP contribution in [0.25, 0.3) is 0 Å². The zero-order chi connectivity index (χ0) is 22.6. The van der Waals surface area contributed by atoms with Gasteiger partial charge in [-0.25, -0.2) is 0 Å². The van der Waals surface area contributed by atoms with Gasteiger partial charge in [0.25, 0.3) is 0 Å². The fourth-order valence-corrected chi connectivity index (χ4v) is 3.43. The molecule has 0 saturated carbocycles. The molecule has 0 heterocycles. The zero-order valence-electron chi connectivity index (χ0n) is 19.3. The second kappa shape index (κ2) is 19.3. The number of allylic oxidation sites excluding steroid dienone is 2. The van der Waals surface area contributed by atoms with E-state index in [1.54, 1.807) is 0 Å². The molecule has 3 N–H and O–H groups in total. The molecule has 0 aliphatic heterocycles. The number of carbonyl (C=O) groups excluding carboxylic acids is 2. The standard InChI is InChI=1S/C24H45N3O3/c1-5-7-9-11-13-15-23(29)25-19-21(3)27(17-18-28)22(4)20-26-24(30)16-14-12-10-8-6-2/h5-6,21-22,28H,1-2,7-20H2,3-4H3,(H,25,29)(H,26,30). The molecule has 0 radical (unpaired) electrons. The summed E-state index contributed by atoms with van der Waals surface area (Å²) < 4.78 is 0. The molecule has 0 aromatic heterocycles. The number of nitrogens with zero attached hydrogens (tertiary/aromatic N) is 1. The minimum absolute atomic E-state index is 0.0448. The van der Waals surface area contributed by atoms with Crippen molar-refractivity contribution in [2.45, 2.75) is 90.1 Å². The Morgan fingerprint density at radius 3 is 1.63 bits per heavy atom. The molecule has 0 spiro atoms. The van der Waals surface area contributed by atoms with Crippen LogP contribution in [0.3, 0.4) is 0 Å². The highest BCUT2D eigenvalue weighted by molar-refractivity contribution is 5.76. The molecule has 0 rings (SSSR count). The second-order valence-corrected chi connectivity index (χ2v) is 8.04. The van der Waals surface area contributed by atoms with Crippen LogP contribution in [0.4, 0.5) is 0 Å². The Balaban J connectivity index is 4.20. The number of aliphatic hydroxyl groups is 1. The SMILES string of the molecule is C=CCCCCCC(=O)NCC(C)N(CCO)C(C)CNC(=O)CCCCCC=C. The van der Waals surface area contributed by atoms with E-state index in [0.29, 0.717) is 32.5 Å². The van der Waals surface area contributed by atoms with E-state index in [9.17, 15) is 14.7 Å². The van der Waals surface area contributed by atoms with Gasteiger partial charge in [-0.15, -0.1) is 13.2 Å². The summed E-state index contributed by atoms with van der Waals surface area (Å²) in [5.74, 6) is 0.142. The lowest BCUT2D eigenvalue weighted by Crippen LogP contribution is -2.51. The normalized spacial score (nSPS) is 12.9. The summed E-state index contributed by atoms with van der Waals surface area (Å²) in [6, 6.07) is 0.153. The van der Waals surface area contributed by atoms with Crippen LogP contribution in [0, 0.1) is 0 Å². The van der Waals surface area contributed by atoms with Gasteiger partial charge in [0, 0.05) is 44.6 Å². The molecule has 0 saturated heterocycles. The summed E-state index contributed by atoms with van der Waals surface area (Å²) in [5, 5.41) is 15.4. The van der Waals surface area contributed by atoms with Crippen LogP contribution in [0.1, 0.15) is 78.1 Å². The molecular weight excluding hydrogens is 378 g/mol. The Morgan fingerprint density at radius 2 is 1.27 bits per heavy atom. The first-order valence-corrected chi connectivity index (χ1v) is 11.6. The highest BCUT2D eigenvalue weighted by Gasteiger charge is 2.20. The number of carbonyl (C=O) groups is 2. The minimum Gasteiger partial charge on any atom is -0.395 e. The summed E-state index contributed by atoms with van der Waals surface area (Å²) in [7, 11) is 0. The highest BCUT2D eigenvalue weighted by atomic mass is 16.3. The van der Waals surface area contributed by atoms with E-state index in [2.05, 4.69) is 28.7 Å². The predicted octanol–water partition coefficient (Wildman–Crippen LogP) is 3.56. The van der Waals surface area contributed by atoms with Crippen LogP contribution in [0.2, 0.25) is 0 Å². The largest absolute Gasteiger partial charge is 0.395 e. The summed E-state index contributed by atoms with van der Waals surface area (Å²) in [6.07, 6.45) is 12.9. The van der Waals surface area contributed by atoms with E-state index in [-0.39, 0.29) is 30.5 Å². The Hall–Kier alpha value is -1.66. The van der Waals surface area contributed by atoms with Gasteiger partial charge in [-0.3, -0.25) is 14.5 Å². The number of unbranched alkanes of at least 4 members (excludes halogenated alkanes) is 6. The topological polar surface area (TPSA) is 81.7 Å². The molecule has 0 aliphatic carbocycles. The molecule has 174 valence electrons. The molecule has 2 amide bonds. The summed E-state index contributed by atoms with van der Waals surface area (Å²) in [5.41, 5.74) is 0. The fourth-order valence-electron chi connectivity index (χ4n) is 3.43. The number of aliphatic hydroxyl groups excluding tert-OH is 1. The average molecular weight is 424 g/mol. The molecular formula is C24H45N3O3. The molecule has 0 aromatic rings. The first kappa shape index (κ1) is 28.3. The van der Waals surface area contributed by atoms with Gasteiger partial charge in [0.2, 0.25) is 11.8 Å². The quantitative estimate of drug-likeness (QED) is 0.207. The van der Waals surface area contributed by atoms with Crippen LogP contribution >= 0.6 is 0 Å². The van der Waals surface area contributed by atoms with Crippen molar-refractivity contribution in [1.29, 1.82) is 0 Å². The fraction of sp³-hybridized carbons (Fsp3) is 0.750. The number of amides is 2. The highest BCUT2D eigenvalue weighted by Crippen LogP contribution is 2.07. The van der Waals surface area contributed by atoms with Gasteiger partial charge >= 0.3 is 0 Å². The van der Waals surface area contributed by atoms with Crippen molar-refractivity contribution in [1.82, 2.24) is 15.5 Å². The lowest BCUT2D eigenvalue weighted by atomic mass is 10.1.